The van der Waals surface area contributed by atoms with Crippen molar-refractivity contribution in [1.29, 1.82) is 0 Å². The van der Waals surface area contributed by atoms with E-state index in [-0.39, 0.29) is 0 Å². The molecular formula is C14H20N2OS. The summed E-state index contributed by atoms with van der Waals surface area (Å²) < 4.78 is 0. The summed E-state index contributed by atoms with van der Waals surface area (Å²) >= 11 is 1.77. The Labute approximate surface area is 112 Å². The molecule has 1 saturated heterocycles. The highest BCUT2D eigenvalue weighted by atomic mass is 32.1. The highest BCUT2D eigenvalue weighted by Crippen LogP contribution is 2.34. The Hall–Kier alpha value is -0.870. The molecule has 1 aromatic rings. The van der Waals surface area contributed by atoms with E-state index in [1.807, 2.05) is 0 Å². The van der Waals surface area contributed by atoms with Crippen LogP contribution in [0.1, 0.15) is 43.0 Å². The van der Waals surface area contributed by atoms with Crippen molar-refractivity contribution in [2.75, 3.05) is 13.1 Å². The molecule has 2 heterocycles. The summed E-state index contributed by atoms with van der Waals surface area (Å²) in [6.45, 7) is 1.78. The maximum absolute atomic E-state index is 12.2. The van der Waals surface area contributed by atoms with Gasteiger partial charge in [-0.25, -0.2) is 0 Å². The summed E-state index contributed by atoms with van der Waals surface area (Å²) in [7, 11) is 0. The molecule has 3 rings (SSSR count). The Morgan fingerprint density at radius 2 is 2.33 bits per heavy atom. The van der Waals surface area contributed by atoms with Gasteiger partial charge in [0.05, 0.1) is 6.04 Å². The number of carbonyl (C=O) groups is 1. The van der Waals surface area contributed by atoms with E-state index < -0.39 is 0 Å². The minimum absolute atomic E-state index is 0.319. The predicted molar refractivity (Wildman–Crippen MR) is 73.6 cm³/mol. The zero-order valence-corrected chi connectivity index (χ0v) is 11.4. The van der Waals surface area contributed by atoms with Crippen molar-refractivity contribution < 1.29 is 4.79 Å². The van der Waals surface area contributed by atoms with Crippen LogP contribution < -0.4 is 5.32 Å². The summed E-state index contributed by atoms with van der Waals surface area (Å²) in [6, 6.07) is 5.28. The number of hydrogen-bond donors (Lipinski definition) is 1. The second-order valence-corrected chi connectivity index (χ2v) is 6.22. The van der Waals surface area contributed by atoms with E-state index in [0.29, 0.717) is 24.4 Å². The maximum atomic E-state index is 12.2. The second-order valence-electron chi connectivity index (χ2n) is 5.24. The monoisotopic (exact) mass is 264 g/mol. The van der Waals surface area contributed by atoms with Crippen LogP contribution in [-0.2, 0) is 4.79 Å². The largest absolute Gasteiger partial charge is 0.335 e. The third-order valence-electron chi connectivity index (χ3n) is 3.79. The SMILES string of the molecule is O=C(CCNC1CC1)N1CCCC1c1cccs1. The fraction of sp³-hybridized carbons (Fsp3) is 0.643. The van der Waals surface area contributed by atoms with Crippen molar-refractivity contribution in [3.8, 4) is 0 Å². The molecule has 1 saturated carbocycles. The smallest absolute Gasteiger partial charge is 0.224 e. The molecule has 3 nitrogen and oxygen atoms in total. The molecule has 1 atom stereocenters. The van der Waals surface area contributed by atoms with Gasteiger partial charge in [0, 0.05) is 30.4 Å². The van der Waals surface area contributed by atoms with Crippen LogP contribution >= 0.6 is 11.3 Å². The van der Waals surface area contributed by atoms with Gasteiger partial charge in [-0.3, -0.25) is 4.79 Å². The lowest BCUT2D eigenvalue weighted by molar-refractivity contribution is -0.132. The standard InChI is InChI=1S/C14H20N2OS/c17-14(7-8-15-11-5-6-11)16-9-1-3-12(16)13-4-2-10-18-13/h2,4,10-12,15H,1,3,5-9H2. The van der Waals surface area contributed by atoms with Gasteiger partial charge < -0.3 is 10.2 Å². The van der Waals surface area contributed by atoms with Gasteiger partial charge in [-0.2, -0.15) is 0 Å². The van der Waals surface area contributed by atoms with Gasteiger partial charge in [0.15, 0.2) is 0 Å². The van der Waals surface area contributed by atoms with Crippen molar-refractivity contribution in [3.63, 3.8) is 0 Å². The highest BCUT2D eigenvalue weighted by molar-refractivity contribution is 7.10. The van der Waals surface area contributed by atoms with Gasteiger partial charge in [0.2, 0.25) is 5.91 Å². The number of nitrogens with one attached hydrogen (secondary N) is 1. The van der Waals surface area contributed by atoms with E-state index in [1.54, 1.807) is 11.3 Å². The normalized spacial score (nSPS) is 23.6. The van der Waals surface area contributed by atoms with Crippen LogP contribution in [0.25, 0.3) is 0 Å². The first kappa shape index (κ1) is 12.2. The molecule has 2 fully saturated rings. The Balaban J connectivity index is 1.54. The molecule has 0 radical (unpaired) electrons. The quantitative estimate of drug-likeness (QED) is 0.886. The fourth-order valence-corrected chi connectivity index (χ4v) is 3.53. The van der Waals surface area contributed by atoms with Crippen molar-refractivity contribution in [2.24, 2.45) is 0 Å². The Morgan fingerprint density at radius 1 is 1.44 bits per heavy atom. The number of likely N-dealkylation sites (tertiary alicyclic amines) is 1. The molecule has 2 aliphatic rings. The molecule has 4 heteroatoms. The summed E-state index contributed by atoms with van der Waals surface area (Å²) in [6.07, 6.45) is 5.50. The third-order valence-corrected chi connectivity index (χ3v) is 4.77. The molecule has 1 N–H and O–H groups in total. The zero-order valence-electron chi connectivity index (χ0n) is 10.6. The second kappa shape index (κ2) is 5.41. The molecule has 1 amide bonds. The number of nitrogens with zero attached hydrogens (tertiary/aromatic N) is 1. The molecule has 0 spiro atoms. The van der Waals surface area contributed by atoms with E-state index in [1.165, 1.54) is 17.7 Å². The van der Waals surface area contributed by atoms with Crippen LogP contribution in [0.2, 0.25) is 0 Å². The third kappa shape index (κ3) is 2.75. The Kier molecular flexibility index (Phi) is 3.66. The molecule has 1 aliphatic heterocycles. The Bertz CT molecular complexity index is 400. The van der Waals surface area contributed by atoms with Gasteiger partial charge in [-0.05, 0) is 37.1 Å². The Morgan fingerprint density at radius 3 is 3.06 bits per heavy atom. The van der Waals surface area contributed by atoms with Crippen LogP contribution in [0.5, 0.6) is 0 Å². The lowest BCUT2D eigenvalue weighted by Crippen LogP contribution is -2.33. The van der Waals surface area contributed by atoms with Crippen LogP contribution in [0.4, 0.5) is 0 Å². The molecule has 1 aliphatic carbocycles. The minimum atomic E-state index is 0.319. The molecule has 18 heavy (non-hydrogen) atoms. The first-order valence-electron chi connectivity index (χ1n) is 6.91. The van der Waals surface area contributed by atoms with Crippen molar-refractivity contribution in [3.05, 3.63) is 22.4 Å². The molecule has 0 aromatic carbocycles. The number of amides is 1. The summed E-state index contributed by atoms with van der Waals surface area (Å²) in [5, 5.41) is 5.52. The van der Waals surface area contributed by atoms with Crippen LogP contribution in [0.15, 0.2) is 17.5 Å². The highest BCUT2D eigenvalue weighted by Gasteiger charge is 2.30. The summed E-state index contributed by atoms with van der Waals surface area (Å²) in [5.74, 6) is 0.319. The van der Waals surface area contributed by atoms with Gasteiger partial charge in [-0.15, -0.1) is 11.3 Å². The molecule has 1 aromatic heterocycles. The molecular weight excluding hydrogens is 244 g/mol. The van der Waals surface area contributed by atoms with Gasteiger partial charge in [-0.1, -0.05) is 6.07 Å². The van der Waals surface area contributed by atoms with Crippen LogP contribution in [0, 0.1) is 0 Å². The molecule has 0 bridgehead atoms. The van der Waals surface area contributed by atoms with Crippen molar-refractivity contribution in [1.82, 2.24) is 10.2 Å². The van der Waals surface area contributed by atoms with Gasteiger partial charge >= 0.3 is 0 Å². The maximum Gasteiger partial charge on any atom is 0.224 e. The molecule has 98 valence electrons. The predicted octanol–water partition coefficient (Wildman–Crippen LogP) is 2.55. The van der Waals surface area contributed by atoms with Crippen LogP contribution in [-0.4, -0.2) is 29.9 Å². The summed E-state index contributed by atoms with van der Waals surface area (Å²) in [4.78, 5) is 15.7. The van der Waals surface area contributed by atoms with E-state index in [9.17, 15) is 4.79 Å². The van der Waals surface area contributed by atoms with E-state index in [2.05, 4.69) is 27.7 Å². The lowest BCUT2D eigenvalue weighted by atomic mass is 10.2. The minimum Gasteiger partial charge on any atom is -0.335 e. The van der Waals surface area contributed by atoms with Crippen LogP contribution in [0.3, 0.4) is 0 Å². The lowest BCUT2D eigenvalue weighted by Gasteiger charge is -2.24. The van der Waals surface area contributed by atoms with E-state index in [4.69, 9.17) is 0 Å². The summed E-state index contributed by atoms with van der Waals surface area (Å²) in [5.41, 5.74) is 0. The topological polar surface area (TPSA) is 32.3 Å². The van der Waals surface area contributed by atoms with Gasteiger partial charge in [0.1, 0.15) is 0 Å². The first-order valence-corrected chi connectivity index (χ1v) is 7.79. The fourth-order valence-electron chi connectivity index (χ4n) is 2.66. The first-order chi connectivity index (χ1) is 8.84. The number of carbonyl (C=O) groups excluding carboxylic acids is 1. The van der Waals surface area contributed by atoms with E-state index >= 15 is 0 Å². The van der Waals surface area contributed by atoms with Gasteiger partial charge in [0.25, 0.3) is 0 Å². The average molecular weight is 264 g/mol. The number of rotatable bonds is 5. The van der Waals surface area contributed by atoms with Crippen molar-refractivity contribution in [2.45, 2.75) is 44.2 Å². The zero-order chi connectivity index (χ0) is 12.4. The van der Waals surface area contributed by atoms with E-state index in [0.717, 1.165) is 25.9 Å². The molecule has 1 unspecified atom stereocenters. The average Bonchev–Trinajstić information content (AvgIpc) is 2.88. The number of hydrogen-bond acceptors (Lipinski definition) is 3. The number of thiophene rings is 1. The van der Waals surface area contributed by atoms with Crippen molar-refractivity contribution >= 4 is 17.2 Å².